The molecule has 9 nitrogen and oxygen atoms in total. The lowest BCUT2D eigenvalue weighted by Gasteiger charge is -2.28. The third kappa shape index (κ3) is 6.60. The number of ketones is 1. The van der Waals surface area contributed by atoms with Gasteiger partial charge < -0.3 is 15.4 Å². The van der Waals surface area contributed by atoms with E-state index < -0.39 is 0 Å². The van der Waals surface area contributed by atoms with Gasteiger partial charge in [0.2, 0.25) is 0 Å². The Balaban J connectivity index is 1.42. The number of ether oxygens (including phenoxy) is 1. The largest absolute Gasteiger partial charge is 0.387 e. The molecule has 2 unspecified atom stereocenters. The highest BCUT2D eigenvalue weighted by atomic mass is 16.5. The van der Waals surface area contributed by atoms with Crippen LogP contribution in [0.4, 0.5) is 10.5 Å². The Morgan fingerprint density at radius 3 is 2.74 bits per heavy atom. The third-order valence-electron chi connectivity index (χ3n) is 6.38. The van der Waals surface area contributed by atoms with Gasteiger partial charge in [-0.05, 0) is 61.2 Å². The molecule has 0 spiro atoms. The molecule has 0 aromatic heterocycles. The molecule has 3 aliphatic rings. The first-order valence-electron chi connectivity index (χ1n) is 12.1. The number of hydrogen-bond acceptors (Lipinski definition) is 7. The molecule has 2 heterocycles. The normalized spacial score (nSPS) is 22.2. The quantitative estimate of drug-likeness (QED) is 0.256. The summed E-state index contributed by atoms with van der Waals surface area (Å²) in [6.45, 7) is 2.16. The minimum atomic E-state index is -0.356. The lowest BCUT2D eigenvalue weighted by atomic mass is 9.86. The maximum absolute atomic E-state index is 13.2. The van der Waals surface area contributed by atoms with E-state index in [1.165, 1.54) is 0 Å². The molecule has 2 atom stereocenters. The number of nitrogens with zero attached hydrogens (tertiary/aromatic N) is 2. The van der Waals surface area contributed by atoms with Crippen LogP contribution in [-0.4, -0.2) is 49.2 Å². The fourth-order valence-electron chi connectivity index (χ4n) is 4.42. The van der Waals surface area contributed by atoms with Crippen LogP contribution < -0.4 is 27.3 Å². The summed E-state index contributed by atoms with van der Waals surface area (Å²) in [6, 6.07) is 9.19. The van der Waals surface area contributed by atoms with Crippen molar-refractivity contribution in [1.82, 2.24) is 15.6 Å². The van der Waals surface area contributed by atoms with Crippen molar-refractivity contribution >= 4 is 17.5 Å². The summed E-state index contributed by atoms with van der Waals surface area (Å²) in [6.07, 6.45) is 12.6. The van der Waals surface area contributed by atoms with E-state index in [0.717, 1.165) is 29.1 Å². The Bertz CT molecular complexity index is 1030. The van der Waals surface area contributed by atoms with Gasteiger partial charge in [0.05, 0.1) is 24.0 Å². The van der Waals surface area contributed by atoms with Gasteiger partial charge in [0.25, 0.3) is 0 Å². The predicted molar refractivity (Wildman–Crippen MR) is 135 cm³/mol. The van der Waals surface area contributed by atoms with Crippen LogP contribution in [-0.2, 0) is 9.53 Å². The van der Waals surface area contributed by atoms with Gasteiger partial charge in [-0.15, -0.1) is 0 Å². The first-order valence-corrected chi connectivity index (χ1v) is 12.1. The first kappa shape index (κ1) is 24.7. The Hall–Kier alpha value is -3.40. The van der Waals surface area contributed by atoms with Crippen LogP contribution >= 0.6 is 0 Å². The van der Waals surface area contributed by atoms with E-state index in [4.69, 9.17) is 16.4 Å². The molecule has 35 heavy (non-hydrogen) atoms. The van der Waals surface area contributed by atoms with Crippen molar-refractivity contribution in [1.29, 1.82) is 0 Å². The van der Waals surface area contributed by atoms with Gasteiger partial charge in [0.1, 0.15) is 0 Å². The monoisotopic (exact) mass is 478 g/mol. The van der Waals surface area contributed by atoms with Gasteiger partial charge >= 0.3 is 6.03 Å². The van der Waals surface area contributed by atoms with E-state index in [9.17, 15) is 9.59 Å². The Labute approximate surface area is 206 Å². The number of benzene rings is 1. The zero-order chi connectivity index (χ0) is 24.6. The van der Waals surface area contributed by atoms with Crippen LogP contribution in [0.25, 0.3) is 0 Å². The summed E-state index contributed by atoms with van der Waals surface area (Å²) >= 11 is 0. The SMILES string of the molecule is NN(CC1CCCO1)C(=O)NCC1CC=C(/C(=C/C2=CCNC=C2)N(N)c2ccccc2)C(=O)C1. The number of carbonyl (C=O) groups is 2. The third-order valence-corrected chi connectivity index (χ3v) is 6.38. The van der Waals surface area contributed by atoms with Gasteiger partial charge in [0.15, 0.2) is 5.78 Å². The van der Waals surface area contributed by atoms with Crippen molar-refractivity contribution in [2.45, 2.75) is 31.8 Å². The van der Waals surface area contributed by atoms with E-state index in [1.54, 1.807) is 5.01 Å². The van der Waals surface area contributed by atoms with Gasteiger partial charge in [0, 0.05) is 31.7 Å². The topological polar surface area (TPSA) is 126 Å². The molecule has 1 aromatic rings. The molecular formula is C26H34N6O3. The summed E-state index contributed by atoms with van der Waals surface area (Å²) in [7, 11) is 0. The fraction of sp³-hybridized carbons (Fsp3) is 0.385. The number of Topliss-reactive ketones (excluding diaryl/α,β-unsaturated/α-hetero) is 1. The maximum atomic E-state index is 13.2. The molecule has 9 heteroatoms. The second kappa shape index (κ2) is 11.8. The number of amides is 2. The van der Waals surface area contributed by atoms with Crippen LogP contribution in [0.1, 0.15) is 25.7 Å². The number of hydrogen-bond donors (Lipinski definition) is 4. The van der Waals surface area contributed by atoms with E-state index in [-0.39, 0.29) is 23.8 Å². The standard InChI is InChI=1S/C26H34N6O3/c27-31(18-22-7-4-14-35-22)26(34)30-17-20-8-9-23(25(33)16-20)24(15-19-10-12-29-13-11-19)32(28)21-5-2-1-3-6-21/h1-3,5-6,9-12,15,20,22,29H,4,7-8,13-14,16-18,27-28H2,(H,30,34)/b24-15-. The van der Waals surface area contributed by atoms with E-state index in [1.807, 2.05) is 60.8 Å². The molecular weight excluding hydrogens is 444 g/mol. The van der Waals surface area contributed by atoms with E-state index in [0.29, 0.717) is 50.4 Å². The van der Waals surface area contributed by atoms with E-state index in [2.05, 4.69) is 10.6 Å². The number of allylic oxidation sites excluding steroid dienone is 5. The lowest BCUT2D eigenvalue weighted by Crippen LogP contribution is -2.49. The molecule has 1 saturated heterocycles. The number of urea groups is 1. The van der Waals surface area contributed by atoms with Gasteiger partial charge in [-0.2, -0.15) is 0 Å². The molecule has 6 N–H and O–H groups in total. The zero-order valence-electron chi connectivity index (χ0n) is 19.9. The number of carbonyl (C=O) groups excluding carboxylic acids is 2. The van der Waals surface area contributed by atoms with Gasteiger partial charge in [-0.1, -0.05) is 30.4 Å². The molecule has 186 valence electrons. The minimum Gasteiger partial charge on any atom is -0.387 e. The number of dihydropyridines is 1. The number of rotatable bonds is 8. The predicted octanol–water partition coefficient (Wildman–Crippen LogP) is 2.26. The molecule has 2 amide bonds. The van der Waals surface area contributed by atoms with Gasteiger partial charge in [-0.25, -0.2) is 16.5 Å². The molecule has 0 bridgehead atoms. The van der Waals surface area contributed by atoms with Crippen molar-refractivity contribution < 1.29 is 14.3 Å². The summed E-state index contributed by atoms with van der Waals surface area (Å²) in [5.41, 5.74) is 2.99. The Morgan fingerprint density at radius 1 is 1.23 bits per heavy atom. The Morgan fingerprint density at radius 2 is 2.06 bits per heavy atom. The number of nitrogens with two attached hydrogens (primary N) is 2. The molecule has 4 rings (SSSR count). The van der Waals surface area contributed by atoms with Crippen molar-refractivity contribution in [3.63, 3.8) is 0 Å². The highest BCUT2D eigenvalue weighted by Crippen LogP contribution is 2.29. The molecule has 0 saturated carbocycles. The molecule has 2 aliphatic heterocycles. The summed E-state index contributed by atoms with van der Waals surface area (Å²) < 4.78 is 5.54. The highest BCUT2D eigenvalue weighted by Gasteiger charge is 2.28. The second-order valence-electron chi connectivity index (χ2n) is 9.00. The van der Waals surface area contributed by atoms with Crippen LogP contribution in [0.5, 0.6) is 0 Å². The Kier molecular flexibility index (Phi) is 8.36. The van der Waals surface area contributed by atoms with Crippen LogP contribution in [0.2, 0.25) is 0 Å². The number of anilines is 1. The zero-order valence-corrected chi connectivity index (χ0v) is 19.9. The molecule has 1 aliphatic carbocycles. The van der Waals surface area contributed by atoms with Crippen molar-refractivity contribution in [2.75, 3.05) is 31.3 Å². The van der Waals surface area contributed by atoms with Crippen molar-refractivity contribution in [3.05, 3.63) is 77.7 Å². The summed E-state index contributed by atoms with van der Waals surface area (Å²) in [4.78, 5) is 25.6. The van der Waals surface area contributed by atoms with Crippen LogP contribution in [0.15, 0.2) is 77.7 Å². The average molecular weight is 479 g/mol. The summed E-state index contributed by atoms with van der Waals surface area (Å²) in [5.74, 6) is 12.4. The number of nitrogens with one attached hydrogen (secondary N) is 2. The number of para-hydroxylation sites is 1. The summed E-state index contributed by atoms with van der Waals surface area (Å²) in [5, 5.41) is 8.70. The first-order chi connectivity index (χ1) is 17.0. The maximum Gasteiger partial charge on any atom is 0.331 e. The van der Waals surface area contributed by atoms with Crippen molar-refractivity contribution in [3.8, 4) is 0 Å². The molecule has 1 fully saturated rings. The second-order valence-corrected chi connectivity index (χ2v) is 9.00. The van der Waals surface area contributed by atoms with Crippen LogP contribution in [0.3, 0.4) is 0 Å². The smallest absolute Gasteiger partial charge is 0.331 e. The molecule has 1 aromatic carbocycles. The van der Waals surface area contributed by atoms with Crippen molar-refractivity contribution in [2.24, 2.45) is 17.6 Å². The average Bonchev–Trinajstić information content (AvgIpc) is 3.40. The fourth-order valence-corrected chi connectivity index (χ4v) is 4.42. The minimum absolute atomic E-state index is 0.00407. The molecule has 0 radical (unpaired) electrons. The van der Waals surface area contributed by atoms with Gasteiger partial charge in [-0.3, -0.25) is 14.8 Å². The number of hydrazine groups is 2. The lowest BCUT2D eigenvalue weighted by molar-refractivity contribution is -0.116. The van der Waals surface area contributed by atoms with E-state index >= 15 is 0 Å². The van der Waals surface area contributed by atoms with Crippen LogP contribution in [0, 0.1) is 5.92 Å². The highest BCUT2D eigenvalue weighted by molar-refractivity contribution is 6.01.